The molecule has 0 bridgehead atoms. The van der Waals surface area contributed by atoms with Crippen molar-refractivity contribution >= 4 is 34.0 Å². The number of aromatic nitrogens is 1. The highest BCUT2D eigenvalue weighted by molar-refractivity contribution is 7.15. The fourth-order valence-electron chi connectivity index (χ4n) is 2.59. The Labute approximate surface area is 159 Å². The van der Waals surface area contributed by atoms with Crippen LogP contribution in [-0.2, 0) is 11.2 Å². The highest BCUT2D eigenvalue weighted by Crippen LogP contribution is 2.31. The third-order valence-electron chi connectivity index (χ3n) is 3.88. The second-order valence-corrected chi connectivity index (χ2v) is 7.34. The van der Waals surface area contributed by atoms with Gasteiger partial charge in [0.15, 0.2) is 16.6 Å². The Hall–Kier alpha value is -2.57. The Morgan fingerprint density at radius 1 is 1.19 bits per heavy atom. The minimum Gasteiger partial charge on any atom is -0.485 e. The first-order valence-electron chi connectivity index (χ1n) is 8.06. The zero-order valence-electron chi connectivity index (χ0n) is 13.6. The van der Waals surface area contributed by atoms with Crippen LogP contribution in [0, 0.1) is 0 Å². The van der Waals surface area contributed by atoms with Crippen molar-refractivity contribution in [3.63, 3.8) is 0 Å². The van der Waals surface area contributed by atoms with Gasteiger partial charge in [0.25, 0.3) is 5.91 Å². The van der Waals surface area contributed by atoms with Crippen LogP contribution in [0.2, 0.25) is 5.02 Å². The molecular weight excluding hydrogens is 372 g/mol. The molecule has 1 aromatic heterocycles. The monoisotopic (exact) mass is 386 g/mol. The second kappa shape index (κ2) is 7.35. The van der Waals surface area contributed by atoms with E-state index < -0.39 is 6.10 Å². The molecule has 7 heteroatoms. The molecule has 0 radical (unpaired) electrons. The normalized spacial score (nSPS) is 15.5. The van der Waals surface area contributed by atoms with E-state index in [-0.39, 0.29) is 12.5 Å². The van der Waals surface area contributed by atoms with Crippen molar-refractivity contribution in [3.05, 3.63) is 70.2 Å². The summed E-state index contributed by atoms with van der Waals surface area (Å²) in [6.45, 7) is 0.172. The summed E-state index contributed by atoms with van der Waals surface area (Å²) in [6.07, 6.45) is 1.80. The lowest BCUT2D eigenvalue weighted by molar-refractivity contribution is -0.125. The van der Waals surface area contributed by atoms with Crippen LogP contribution in [0.25, 0.3) is 0 Å². The maximum atomic E-state index is 12.4. The fourth-order valence-corrected chi connectivity index (χ4v) is 3.56. The molecular formula is C19H15ClN2O3S. The van der Waals surface area contributed by atoms with Gasteiger partial charge in [-0.15, -0.1) is 11.3 Å². The smallest absolute Gasteiger partial charge is 0.270 e. The summed E-state index contributed by atoms with van der Waals surface area (Å²) in [7, 11) is 0. The number of carbonyl (C=O) groups excluding carboxylic acids is 1. The zero-order valence-corrected chi connectivity index (χ0v) is 15.2. The van der Waals surface area contributed by atoms with Crippen molar-refractivity contribution in [2.75, 3.05) is 11.9 Å². The lowest BCUT2D eigenvalue weighted by Crippen LogP contribution is -2.40. The number of amides is 1. The van der Waals surface area contributed by atoms with E-state index in [2.05, 4.69) is 10.3 Å². The Morgan fingerprint density at radius 3 is 2.77 bits per heavy atom. The molecule has 2 aromatic carbocycles. The predicted octanol–water partition coefficient (Wildman–Crippen LogP) is 4.17. The van der Waals surface area contributed by atoms with Gasteiger partial charge in [-0.3, -0.25) is 10.1 Å². The van der Waals surface area contributed by atoms with Crippen LogP contribution in [0.15, 0.2) is 54.7 Å². The SMILES string of the molecule is O=C(Nc1ncc(Cc2ccc(Cl)cc2)s1)[C@H]1COc2ccccc2O1. The van der Waals surface area contributed by atoms with E-state index >= 15 is 0 Å². The number of carbonyl (C=O) groups is 1. The minimum absolute atomic E-state index is 0.172. The number of nitrogens with zero attached hydrogens (tertiary/aromatic N) is 1. The number of hydrogen-bond acceptors (Lipinski definition) is 5. The Kier molecular flexibility index (Phi) is 4.77. The van der Waals surface area contributed by atoms with E-state index in [1.807, 2.05) is 42.5 Å². The molecule has 5 nitrogen and oxygen atoms in total. The highest BCUT2D eigenvalue weighted by Gasteiger charge is 2.27. The summed E-state index contributed by atoms with van der Waals surface area (Å²) in [4.78, 5) is 17.7. The second-order valence-electron chi connectivity index (χ2n) is 5.79. The maximum Gasteiger partial charge on any atom is 0.270 e. The highest BCUT2D eigenvalue weighted by atomic mass is 35.5. The number of hydrogen-bond donors (Lipinski definition) is 1. The quantitative estimate of drug-likeness (QED) is 0.731. The van der Waals surface area contributed by atoms with Gasteiger partial charge in [0.05, 0.1) is 0 Å². The van der Waals surface area contributed by atoms with Gasteiger partial charge in [0, 0.05) is 22.5 Å². The van der Waals surface area contributed by atoms with Crippen molar-refractivity contribution in [2.45, 2.75) is 12.5 Å². The van der Waals surface area contributed by atoms with Crippen molar-refractivity contribution in [1.29, 1.82) is 0 Å². The molecule has 0 unspecified atom stereocenters. The Balaban J connectivity index is 1.38. The number of fused-ring (bicyclic) bond motifs is 1. The summed E-state index contributed by atoms with van der Waals surface area (Å²) in [5, 5.41) is 4.05. The van der Waals surface area contributed by atoms with Crippen LogP contribution in [0.3, 0.4) is 0 Å². The van der Waals surface area contributed by atoms with Gasteiger partial charge in [0.2, 0.25) is 6.10 Å². The number of nitrogens with one attached hydrogen (secondary N) is 1. The van der Waals surface area contributed by atoms with Gasteiger partial charge in [-0.25, -0.2) is 4.98 Å². The molecule has 0 spiro atoms. The van der Waals surface area contributed by atoms with Gasteiger partial charge >= 0.3 is 0 Å². The van der Waals surface area contributed by atoms with E-state index in [9.17, 15) is 4.79 Å². The van der Waals surface area contributed by atoms with Gasteiger partial charge in [0.1, 0.15) is 6.61 Å². The van der Waals surface area contributed by atoms with E-state index in [0.717, 1.165) is 16.9 Å². The maximum absolute atomic E-state index is 12.4. The predicted molar refractivity (Wildman–Crippen MR) is 101 cm³/mol. The first-order valence-corrected chi connectivity index (χ1v) is 9.25. The third kappa shape index (κ3) is 3.81. The molecule has 1 aliphatic rings. The number of benzene rings is 2. The average Bonchev–Trinajstić information content (AvgIpc) is 3.10. The van der Waals surface area contributed by atoms with Gasteiger partial charge in [-0.05, 0) is 29.8 Å². The number of thiazole rings is 1. The first-order chi connectivity index (χ1) is 12.7. The number of anilines is 1. The van der Waals surface area contributed by atoms with E-state index in [0.29, 0.717) is 21.7 Å². The van der Waals surface area contributed by atoms with Crippen molar-refractivity contribution < 1.29 is 14.3 Å². The van der Waals surface area contributed by atoms with Crippen LogP contribution in [0.1, 0.15) is 10.4 Å². The molecule has 1 N–H and O–H groups in total. The molecule has 26 heavy (non-hydrogen) atoms. The van der Waals surface area contributed by atoms with E-state index in [4.69, 9.17) is 21.1 Å². The summed E-state index contributed by atoms with van der Waals surface area (Å²) >= 11 is 7.34. The molecule has 3 aromatic rings. The van der Waals surface area contributed by atoms with Gasteiger partial charge in [-0.2, -0.15) is 0 Å². The van der Waals surface area contributed by atoms with Crippen molar-refractivity contribution in [2.24, 2.45) is 0 Å². The molecule has 1 amide bonds. The molecule has 0 fully saturated rings. The topological polar surface area (TPSA) is 60.5 Å². The van der Waals surface area contributed by atoms with Crippen molar-refractivity contribution in [3.8, 4) is 11.5 Å². The molecule has 132 valence electrons. The molecule has 0 aliphatic carbocycles. The summed E-state index contributed by atoms with van der Waals surface area (Å²) in [5.41, 5.74) is 1.14. The molecule has 1 aliphatic heterocycles. The largest absolute Gasteiger partial charge is 0.485 e. The van der Waals surface area contributed by atoms with E-state index in [1.54, 1.807) is 12.3 Å². The number of halogens is 1. The number of ether oxygens (including phenoxy) is 2. The lowest BCUT2D eigenvalue weighted by Gasteiger charge is -2.25. The summed E-state index contributed by atoms with van der Waals surface area (Å²) in [6, 6.07) is 15.0. The van der Waals surface area contributed by atoms with Gasteiger partial charge < -0.3 is 9.47 Å². The standard InChI is InChI=1S/C19H15ClN2O3S/c20-13-7-5-12(6-8-13)9-14-10-21-19(26-14)22-18(23)17-11-24-15-3-1-2-4-16(15)25-17/h1-8,10,17H,9,11H2,(H,21,22,23)/t17-/m1/s1. The minimum atomic E-state index is -0.700. The Morgan fingerprint density at radius 2 is 1.96 bits per heavy atom. The van der Waals surface area contributed by atoms with Crippen LogP contribution in [0.5, 0.6) is 11.5 Å². The van der Waals surface area contributed by atoms with E-state index in [1.165, 1.54) is 11.3 Å². The third-order valence-corrected chi connectivity index (χ3v) is 5.04. The lowest BCUT2D eigenvalue weighted by atomic mass is 10.1. The number of para-hydroxylation sites is 2. The fraction of sp³-hybridized carbons (Fsp3) is 0.158. The van der Waals surface area contributed by atoms with Gasteiger partial charge in [-0.1, -0.05) is 35.9 Å². The summed E-state index contributed by atoms with van der Waals surface area (Å²) < 4.78 is 11.3. The molecule has 1 atom stereocenters. The molecule has 4 rings (SSSR count). The first kappa shape index (κ1) is 16.9. The van der Waals surface area contributed by atoms with Crippen LogP contribution >= 0.6 is 22.9 Å². The van der Waals surface area contributed by atoms with Crippen LogP contribution in [-0.4, -0.2) is 23.6 Å². The van der Waals surface area contributed by atoms with Crippen LogP contribution in [0.4, 0.5) is 5.13 Å². The molecule has 0 saturated heterocycles. The molecule has 0 saturated carbocycles. The van der Waals surface area contributed by atoms with Crippen LogP contribution < -0.4 is 14.8 Å². The average molecular weight is 387 g/mol. The number of rotatable bonds is 4. The Bertz CT molecular complexity index is 927. The summed E-state index contributed by atoms with van der Waals surface area (Å²) in [5.74, 6) is 0.949. The van der Waals surface area contributed by atoms with Crippen molar-refractivity contribution in [1.82, 2.24) is 4.98 Å². The zero-order chi connectivity index (χ0) is 17.9. The molecule has 2 heterocycles.